The van der Waals surface area contributed by atoms with E-state index in [4.69, 9.17) is 0 Å². The van der Waals surface area contributed by atoms with E-state index < -0.39 is 0 Å². The van der Waals surface area contributed by atoms with Gasteiger partial charge in [-0.05, 0) is 50.3 Å². The Kier molecular flexibility index (Phi) is 3.83. The van der Waals surface area contributed by atoms with Crippen molar-refractivity contribution in [3.63, 3.8) is 0 Å². The predicted molar refractivity (Wildman–Crippen MR) is 67.9 cm³/mol. The minimum Gasteiger partial charge on any atom is -0.393 e. The first-order valence-electron chi connectivity index (χ1n) is 6.27. The molecule has 1 aliphatic heterocycles. The number of rotatable bonds is 4. The second-order valence-corrected chi connectivity index (χ2v) is 4.75. The predicted octanol–water partition coefficient (Wildman–Crippen LogP) is 2.60. The zero-order chi connectivity index (χ0) is 11.4. The fourth-order valence-electron chi connectivity index (χ4n) is 2.22. The Labute approximate surface area is 97.9 Å². The van der Waals surface area contributed by atoms with Crippen LogP contribution in [0.1, 0.15) is 31.7 Å². The number of nitrogens with zero attached hydrogens (tertiary/aromatic N) is 1. The van der Waals surface area contributed by atoms with Crippen LogP contribution in [0.4, 0.5) is 5.69 Å². The average molecular weight is 219 g/mol. The van der Waals surface area contributed by atoms with Crippen LogP contribution in [0.2, 0.25) is 0 Å². The first-order valence-corrected chi connectivity index (χ1v) is 6.27. The summed E-state index contributed by atoms with van der Waals surface area (Å²) in [6.07, 6.45) is 4.27. The van der Waals surface area contributed by atoms with Gasteiger partial charge in [0, 0.05) is 18.8 Å². The van der Waals surface area contributed by atoms with Crippen molar-refractivity contribution in [3.05, 3.63) is 29.8 Å². The van der Waals surface area contributed by atoms with Crippen molar-refractivity contribution in [3.8, 4) is 0 Å². The lowest BCUT2D eigenvalue weighted by molar-refractivity contribution is 0.185. The van der Waals surface area contributed by atoms with E-state index >= 15 is 0 Å². The Morgan fingerprint density at radius 2 is 1.81 bits per heavy atom. The lowest BCUT2D eigenvalue weighted by atomic mass is 10.1. The maximum atomic E-state index is 9.23. The molecular formula is C14H21NO. The van der Waals surface area contributed by atoms with Crippen LogP contribution in [-0.4, -0.2) is 24.3 Å². The first kappa shape index (κ1) is 11.5. The van der Waals surface area contributed by atoms with Gasteiger partial charge >= 0.3 is 0 Å². The summed E-state index contributed by atoms with van der Waals surface area (Å²) >= 11 is 0. The Bertz CT molecular complexity index is 312. The Hall–Kier alpha value is -1.02. The van der Waals surface area contributed by atoms with Crippen LogP contribution in [0, 0.1) is 0 Å². The topological polar surface area (TPSA) is 23.5 Å². The van der Waals surface area contributed by atoms with Crippen LogP contribution in [-0.2, 0) is 6.42 Å². The Morgan fingerprint density at radius 1 is 1.19 bits per heavy atom. The van der Waals surface area contributed by atoms with E-state index in [-0.39, 0.29) is 6.10 Å². The molecule has 2 nitrogen and oxygen atoms in total. The van der Waals surface area contributed by atoms with Gasteiger partial charge < -0.3 is 10.0 Å². The summed E-state index contributed by atoms with van der Waals surface area (Å²) in [5.74, 6) is 0. The van der Waals surface area contributed by atoms with Crippen LogP contribution in [0.25, 0.3) is 0 Å². The molecule has 0 radical (unpaired) electrons. The number of anilines is 1. The number of aryl methyl sites for hydroxylation is 1. The highest BCUT2D eigenvalue weighted by Gasteiger charge is 2.11. The molecule has 1 atom stereocenters. The lowest BCUT2D eigenvalue weighted by Gasteiger charge is -2.17. The quantitative estimate of drug-likeness (QED) is 0.841. The van der Waals surface area contributed by atoms with Crippen LogP contribution in [0.3, 0.4) is 0 Å². The molecule has 1 aromatic carbocycles. The van der Waals surface area contributed by atoms with Gasteiger partial charge in [0.15, 0.2) is 0 Å². The highest BCUT2D eigenvalue weighted by Crippen LogP contribution is 2.20. The monoisotopic (exact) mass is 219 g/mol. The molecule has 1 saturated heterocycles. The standard InChI is InChI=1S/C14H21NO/c1-12(16)4-5-13-6-8-14(9-7-13)15-10-2-3-11-15/h6-9,12,16H,2-5,10-11H2,1H3. The largest absolute Gasteiger partial charge is 0.393 e. The summed E-state index contributed by atoms with van der Waals surface area (Å²) in [5.41, 5.74) is 2.67. The van der Waals surface area contributed by atoms with Gasteiger partial charge in [0.25, 0.3) is 0 Å². The smallest absolute Gasteiger partial charge is 0.0515 e. The SMILES string of the molecule is CC(O)CCc1ccc(N2CCCC2)cc1. The highest BCUT2D eigenvalue weighted by atomic mass is 16.3. The van der Waals surface area contributed by atoms with Crippen molar-refractivity contribution in [2.24, 2.45) is 0 Å². The molecule has 2 heteroatoms. The second-order valence-electron chi connectivity index (χ2n) is 4.75. The van der Waals surface area contributed by atoms with Crippen molar-refractivity contribution < 1.29 is 5.11 Å². The molecule has 1 aliphatic rings. The van der Waals surface area contributed by atoms with E-state index in [1.54, 1.807) is 0 Å². The van der Waals surface area contributed by atoms with Gasteiger partial charge in [0.2, 0.25) is 0 Å². The molecule has 0 aromatic heterocycles. The fraction of sp³-hybridized carbons (Fsp3) is 0.571. The molecular weight excluding hydrogens is 198 g/mol. The van der Waals surface area contributed by atoms with Gasteiger partial charge in [-0.2, -0.15) is 0 Å². The number of benzene rings is 1. The number of aliphatic hydroxyl groups excluding tert-OH is 1. The minimum atomic E-state index is -0.196. The molecule has 0 amide bonds. The van der Waals surface area contributed by atoms with Gasteiger partial charge in [-0.25, -0.2) is 0 Å². The summed E-state index contributed by atoms with van der Waals surface area (Å²) in [7, 11) is 0. The fourth-order valence-corrected chi connectivity index (χ4v) is 2.22. The highest BCUT2D eigenvalue weighted by molar-refractivity contribution is 5.48. The maximum absolute atomic E-state index is 9.23. The van der Waals surface area contributed by atoms with Gasteiger partial charge in [-0.3, -0.25) is 0 Å². The molecule has 16 heavy (non-hydrogen) atoms. The van der Waals surface area contributed by atoms with Crippen molar-refractivity contribution >= 4 is 5.69 Å². The summed E-state index contributed by atoms with van der Waals surface area (Å²) in [4.78, 5) is 2.44. The average Bonchev–Trinajstić information content (AvgIpc) is 2.80. The molecule has 0 aliphatic carbocycles. The van der Waals surface area contributed by atoms with E-state index in [1.165, 1.54) is 37.2 Å². The zero-order valence-corrected chi connectivity index (χ0v) is 10.0. The third kappa shape index (κ3) is 2.99. The maximum Gasteiger partial charge on any atom is 0.0515 e. The van der Waals surface area contributed by atoms with Crippen LogP contribution in [0.15, 0.2) is 24.3 Å². The molecule has 1 unspecified atom stereocenters. The molecule has 1 aromatic rings. The van der Waals surface area contributed by atoms with E-state index in [9.17, 15) is 5.11 Å². The van der Waals surface area contributed by atoms with Crippen LogP contribution >= 0.6 is 0 Å². The van der Waals surface area contributed by atoms with Gasteiger partial charge in [-0.1, -0.05) is 12.1 Å². The van der Waals surface area contributed by atoms with Crippen molar-refractivity contribution in [2.75, 3.05) is 18.0 Å². The summed E-state index contributed by atoms with van der Waals surface area (Å²) < 4.78 is 0. The lowest BCUT2D eigenvalue weighted by Crippen LogP contribution is -2.17. The second kappa shape index (κ2) is 5.35. The zero-order valence-electron chi connectivity index (χ0n) is 10.0. The Balaban J connectivity index is 1.93. The summed E-state index contributed by atoms with van der Waals surface area (Å²) in [6.45, 7) is 4.25. The number of aliphatic hydroxyl groups is 1. The summed E-state index contributed by atoms with van der Waals surface area (Å²) in [6, 6.07) is 8.80. The molecule has 2 rings (SSSR count). The van der Waals surface area contributed by atoms with Crippen molar-refractivity contribution in [1.82, 2.24) is 0 Å². The van der Waals surface area contributed by atoms with Gasteiger partial charge in [0.05, 0.1) is 6.10 Å². The van der Waals surface area contributed by atoms with Crippen molar-refractivity contribution in [1.29, 1.82) is 0 Å². The first-order chi connectivity index (χ1) is 7.75. The molecule has 1 N–H and O–H groups in total. The third-order valence-electron chi connectivity index (χ3n) is 3.26. The number of hydrogen-bond acceptors (Lipinski definition) is 2. The minimum absolute atomic E-state index is 0.196. The van der Waals surface area contributed by atoms with E-state index in [2.05, 4.69) is 29.2 Å². The van der Waals surface area contributed by atoms with Gasteiger partial charge in [0.1, 0.15) is 0 Å². The molecule has 0 saturated carbocycles. The molecule has 1 fully saturated rings. The normalized spacial score (nSPS) is 17.8. The van der Waals surface area contributed by atoms with Gasteiger partial charge in [-0.15, -0.1) is 0 Å². The van der Waals surface area contributed by atoms with E-state index in [0.29, 0.717) is 0 Å². The molecule has 88 valence electrons. The van der Waals surface area contributed by atoms with Crippen LogP contribution in [0.5, 0.6) is 0 Å². The number of hydrogen-bond donors (Lipinski definition) is 1. The molecule has 0 bridgehead atoms. The van der Waals surface area contributed by atoms with E-state index in [1.807, 2.05) is 6.92 Å². The van der Waals surface area contributed by atoms with E-state index in [0.717, 1.165) is 12.8 Å². The Morgan fingerprint density at radius 3 is 2.38 bits per heavy atom. The summed E-state index contributed by atoms with van der Waals surface area (Å²) in [5, 5.41) is 9.23. The van der Waals surface area contributed by atoms with Crippen LogP contribution < -0.4 is 4.90 Å². The molecule has 1 heterocycles. The third-order valence-corrected chi connectivity index (χ3v) is 3.26. The van der Waals surface area contributed by atoms with Crippen molar-refractivity contribution in [2.45, 2.75) is 38.7 Å². The molecule has 0 spiro atoms.